The third-order valence-electron chi connectivity index (χ3n) is 4.13. The van der Waals surface area contributed by atoms with Gasteiger partial charge in [-0.1, -0.05) is 0 Å². The van der Waals surface area contributed by atoms with Gasteiger partial charge in [0.15, 0.2) is 5.82 Å². The average molecular weight is 344 g/mol. The Labute approximate surface area is 140 Å². The molecule has 1 fully saturated rings. The molecular weight excluding hydrogens is 331 g/mol. The zero-order valence-electron chi connectivity index (χ0n) is 12.5. The first kappa shape index (κ1) is 14.9. The van der Waals surface area contributed by atoms with Crippen molar-refractivity contribution in [1.82, 2.24) is 30.5 Å². The number of carbonyl (C=O) groups is 1. The summed E-state index contributed by atoms with van der Waals surface area (Å²) in [5.41, 5.74) is -0.130. The molecule has 0 aromatic carbocycles. The van der Waals surface area contributed by atoms with Gasteiger partial charge in [0.05, 0.1) is 5.54 Å². The minimum absolute atomic E-state index is 0.148. The van der Waals surface area contributed by atoms with Crippen LogP contribution in [0.2, 0.25) is 0 Å². The maximum Gasteiger partial charge on any atom is 0.271 e. The van der Waals surface area contributed by atoms with Crippen LogP contribution in [0.4, 0.5) is 4.39 Å². The summed E-state index contributed by atoms with van der Waals surface area (Å²) in [5, 5.41) is 11.6. The zero-order valence-corrected chi connectivity index (χ0v) is 13.3. The minimum Gasteiger partial charge on any atom is -0.338 e. The van der Waals surface area contributed by atoms with Gasteiger partial charge in [-0.25, -0.2) is 14.4 Å². The standard InChI is InChI=1S/C15H13FN6OS/c16-9-3-1-6-17-11(9)13-20-10(7-24-13)12(23)21-15(4-2-5-15)14-18-8-19-22-14/h1,3,6-8H,2,4-5H2,(H,21,23)(H,18,19,22). The highest BCUT2D eigenvalue weighted by Crippen LogP contribution is 2.39. The van der Waals surface area contributed by atoms with Gasteiger partial charge in [0.2, 0.25) is 0 Å². The van der Waals surface area contributed by atoms with Crippen molar-refractivity contribution in [2.24, 2.45) is 0 Å². The smallest absolute Gasteiger partial charge is 0.271 e. The van der Waals surface area contributed by atoms with Crippen LogP contribution < -0.4 is 5.32 Å². The van der Waals surface area contributed by atoms with Crippen LogP contribution in [0.5, 0.6) is 0 Å². The Morgan fingerprint density at radius 2 is 2.25 bits per heavy atom. The fourth-order valence-corrected chi connectivity index (χ4v) is 3.49. The summed E-state index contributed by atoms with van der Waals surface area (Å²) in [4.78, 5) is 24.9. The largest absolute Gasteiger partial charge is 0.338 e. The highest BCUT2D eigenvalue weighted by atomic mass is 32.1. The molecule has 122 valence electrons. The predicted molar refractivity (Wildman–Crippen MR) is 84.7 cm³/mol. The van der Waals surface area contributed by atoms with Crippen molar-refractivity contribution in [3.8, 4) is 10.7 Å². The number of rotatable bonds is 4. The summed E-state index contributed by atoms with van der Waals surface area (Å²) < 4.78 is 13.8. The number of hydrogen-bond acceptors (Lipinski definition) is 6. The first-order valence-corrected chi connectivity index (χ1v) is 8.31. The first-order valence-electron chi connectivity index (χ1n) is 7.43. The van der Waals surface area contributed by atoms with Crippen molar-refractivity contribution in [2.45, 2.75) is 24.8 Å². The van der Waals surface area contributed by atoms with Crippen LogP contribution in [-0.2, 0) is 5.54 Å². The molecule has 1 amide bonds. The van der Waals surface area contributed by atoms with E-state index in [1.54, 1.807) is 5.38 Å². The monoisotopic (exact) mass is 344 g/mol. The number of amides is 1. The van der Waals surface area contributed by atoms with Gasteiger partial charge in [-0.05, 0) is 31.4 Å². The molecule has 3 aromatic heterocycles. The number of aromatic nitrogens is 5. The second kappa shape index (κ2) is 5.75. The summed E-state index contributed by atoms with van der Waals surface area (Å²) in [6, 6.07) is 2.83. The third-order valence-corrected chi connectivity index (χ3v) is 4.98. The van der Waals surface area contributed by atoms with Crippen LogP contribution in [0.25, 0.3) is 10.7 Å². The van der Waals surface area contributed by atoms with Gasteiger partial charge in [-0.3, -0.25) is 14.9 Å². The minimum atomic E-state index is -0.520. The van der Waals surface area contributed by atoms with E-state index in [0.29, 0.717) is 10.8 Å². The number of hydrogen-bond donors (Lipinski definition) is 2. The molecule has 0 unspecified atom stereocenters. The summed E-state index contributed by atoms with van der Waals surface area (Å²) in [7, 11) is 0. The Hall–Kier alpha value is -2.68. The topological polar surface area (TPSA) is 96.5 Å². The summed E-state index contributed by atoms with van der Waals surface area (Å²) >= 11 is 1.18. The van der Waals surface area contributed by atoms with Crippen molar-refractivity contribution in [2.75, 3.05) is 0 Å². The lowest BCUT2D eigenvalue weighted by molar-refractivity contribution is 0.0805. The fraction of sp³-hybridized carbons (Fsp3) is 0.267. The van der Waals surface area contributed by atoms with Crippen molar-refractivity contribution >= 4 is 17.2 Å². The molecule has 4 rings (SSSR count). The predicted octanol–water partition coefficient (Wildman–Crippen LogP) is 2.27. The van der Waals surface area contributed by atoms with Gasteiger partial charge in [0.1, 0.15) is 28.5 Å². The molecule has 0 saturated heterocycles. The van der Waals surface area contributed by atoms with Crippen LogP contribution >= 0.6 is 11.3 Å². The van der Waals surface area contributed by atoms with E-state index < -0.39 is 11.4 Å². The highest BCUT2D eigenvalue weighted by Gasteiger charge is 2.43. The van der Waals surface area contributed by atoms with Gasteiger partial charge < -0.3 is 5.32 Å². The number of halogens is 1. The van der Waals surface area contributed by atoms with E-state index in [1.165, 1.54) is 36.0 Å². The molecule has 0 bridgehead atoms. The molecule has 24 heavy (non-hydrogen) atoms. The van der Waals surface area contributed by atoms with Crippen LogP contribution in [0.15, 0.2) is 30.0 Å². The summed E-state index contributed by atoms with van der Waals surface area (Å²) in [6.07, 6.45) is 5.50. The molecule has 3 heterocycles. The second-order valence-electron chi connectivity index (χ2n) is 5.60. The normalized spacial score (nSPS) is 15.7. The van der Waals surface area contributed by atoms with E-state index in [-0.39, 0.29) is 17.3 Å². The molecule has 1 aliphatic carbocycles. The first-order chi connectivity index (χ1) is 11.7. The highest BCUT2D eigenvalue weighted by molar-refractivity contribution is 7.13. The maximum absolute atomic E-state index is 13.8. The number of thiazole rings is 1. The second-order valence-corrected chi connectivity index (χ2v) is 6.45. The SMILES string of the molecule is O=C(NC1(c2ncn[nH]2)CCC1)c1csc(-c2ncccc2F)n1. The molecule has 2 N–H and O–H groups in total. The summed E-state index contributed by atoms with van der Waals surface area (Å²) in [6.45, 7) is 0. The van der Waals surface area contributed by atoms with Crippen LogP contribution in [0.1, 0.15) is 35.6 Å². The molecule has 0 spiro atoms. The molecule has 7 nitrogen and oxygen atoms in total. The van der Waals surface area contributed by atoms with E-state index in [0.717, 1.165) is 19.3 Å². The lowest BCUT2D eigenvalue weighted by atomic mass is 9.76. The Bertz CT molecular complexity index is 874. The fourth-order valence-electron chi connectivity index (χ4n) is 2.70. The van der Waals surface area contributed by atoms with Crippen molar-refractivity contribution in [1.29, 1.82) is 0 Å². The van der Waals surface area contributed by atoms with Gasteiger partial charge in [-0.15, -0.1) is 11.3 Å². The van der Waals surface area contributed by atoms with Gasteiger partial charge in [0, 0.05) is 11.6 Å². The van der Waals surface area contributed by atoms with E-state index in [1.807, 2.05) is 0 Å². The lowest BCUT2D eigenvalue weighted by Crippen LogP contribution is -2.51. The number of H-pyrrole nitrogens is 1. The van der Waals surface area contributed by atoms with Crippen molar-refractivity contribution in [3.63, 3.8) is 0 Å². The average Bonchev–Trinajstić information content (AvgIpc) is 3.23. The molecule has 9 heteroatoms. The number of aromatic amines is 1. The Kier molecular flexibility index (Phi) is 3.57. The van der Waals surface area contributed by atoms with Gasteiger partial charge >= 0.3 is 0 Å². The van der Waals surface area contributed by atoms with E-state index in [2.05, 4.69) is 30.5 Å². The van der Waals surface area contributed by atoms with Crippen LogP contribution in [0.3, 0.4) is 0 Å². The number of nitrogens with zero attached hydrogens (tertiary/aromatic N) is 4. The van der Waals surface area contributed by atoms with Gasteiger partial charge in [-0.2, -0.15) is 5.10 Å². The molecule has 0 aliphatic heterocycles. The lowest BCUT2D eigenvalue weighted by Gasteiger charge is -2.40. The summed E-state index contributed by atoms with van der Waals surface area (Å²) in [5.74, 6) is -0.130. The van der Waals surface area contributed by atoms with E-state index >= 15 is 0 Å². The molecule has 1 saturated carbocycles. The molecule has 3 aromatic rings. The van der Waals surface area contributed by atoms with E-state index in [4.69, 9.17) is 0 Å². The van der Waals surface area contributed by atoms with Crippen LogP contribution in [-0.4, -0.2) is 31.1 Å². The zero-order chi connectivity index (χ0) is 16.6. The third kappa shape index (κ3) is 2.46. The maximum atomic E-state index is 13.8. The number of nitrogens with one attached hydrogen (secondary N) is 2. The Morgan fingerprint density at radius 1 is 1.38 bits per heavy atom. The molecule has 1 aliphatic rings. The van der Waals surface area contributed by atoms with Gasteiger partial charge in [0.25, 0.3) is 5.91 Å². The van der Waals surface area contributed by atoms with Crippen LogP contribution in [0, 0.1) is 5.82 Å². The molecule has 0 atom stereocenters. The number of pyridine rings is 1. The van der Waals surface area contributed by atoms with Crippen molar-refractivity contribution < 1.29 is 9.18 Å². The quantitative estimate of drug-likeness (QED) is 0.757. The van der Waals surface area contributed by atoms with E-state index in [9.17, 15) is 9.18 Å². The Morgan fingerprint density at radius 3 is 2.92 bits per heavy atom. The molecule has 0 radical (unpaired) electrons. The molecular formula is C15H13FN6OS. The van der Waals surface area contributed by atoms with Crippen molar-refractivity contribution in [3.05, 3.63) is 47.4 Å². The Balaban J connectivity index is 1.57. The number of carbonyl (C=O) groups excluding carboxylic acids is 1.